The number of aryl methyl sites for hydroxylation is 2. The molecule has 1 aliphatic rings. The number of aromatic nitrogens is 2. The Kier molecular flexibility index (Phi) is 5.78. The topological polar surface area (TPSA) is 59.0 Å². The Bertz CT molecular complexity index is 1030. The molecule has 152 valence electrons. The molecule has 7 heteroatoms. The van der Waals surface area contributed by atoms with Crippen molar-refractivity contribution in [3.05, 3.63) is 57.7 Å². The van der Waals surface area contributed by atoms with Crippen LogP contribution in [-0.2, 0) is 11.3 Å². The Morgan fingerprint density at radius 3 is 2.90 bits per heavy atom. The number of amides is 1. The van der Waals surface area contributed by atoms with Crippen LogP contribution in [0.2, 0.25) is 0 Å². The number of hydrogen-bond donors (Lipinski definition) is 2. The largest absolute Gasteiger partial charge is 0.355 e. The molecule has 5 nitrogen and oxygen atoms in total. The minimum Gasteiger partial charge on any atom is -0.355 e. The maximum absolute atomic E-state index is 14.3. The molecule has 0 bridgehead atoms. The number of carbonyl (C=O) groups excluding carboxylic acids is 1. The lowest BCUT2D eigenvalue weighted by molar-refractivity contribution is -0.122. The van der Waals surface area contributed by atoms with Crippen LogP contribution in [0.3, 0.4) is 0 Å². The number of hydrogen-bond acceptors (Lipinski definition) is 4. The predicted molar refractivity (Wildman–Crippen MR) is 114 cm³/mol. The van der Waals surface area contributed by atoms with Crippen molar-refractivity contribution in [3.8, 4) is 16.9 Å². The average Bonchev–Trinajstić information content (AvgIpc) is 3.18. The molecule has 1 aromatic carbocycles. The van der Waals surface area contributed by atoms with E-state index in [4.69, 9.17) is 5.10 Å². The van der Waals surface area contributed by atoms with Gasteiger partial charge in [-0.15, -0.1) is 11.3 Å². The summed E-state index contributed by atoms with van der Waals surface area (Å²) in [6.45, 7) is 5.38. The average molecular weight is 413 g/mol. The first-order valence-corrected chi connectivity index (χ1v) is 10.8. The number of benzene rings is 1. The highest BCUT2D eigenvalue weighted by Gasteiger charge is 2.22. The molecule has 0 spiro atoms. The molecule has 3 heterocycles. The van der Waals surface area contributed by atoms with Gasteiger partial charge in [0.05, 0.1) is 11.7 Å². The van der Waals surface area contributed by atoms with Gasteiger partial charge in [0, 0.05) is 40.2 Å². The number of carbonyl (C=O) groups is 1. The van der Waals surface area contributed by atoms with Gasteiger partial charge in [-0.3, -0.25) is 4.79 Å². The Balaban J connectivity index is 1.68. The van der Waals surface area contributed by atoms with E-state index >= 15 is 0 Å². The van der Waals surface area contributed by atoms with Crippen LogP contribution in [0.15, 0.2) is 36.5 Å². The molecule has 1 fully saturated rings. The van der Waals surface area contributed by atoms with Crippen molar-refractivity contribution in [3.63, 3.8) is 0 Å². The number of nitrogens with one attached hydrogen (secondary N) is 2. The van der Waals surface area contributed by atoms with Crippen LogP contribution in [0, 0.1) is 19.7 Å². The molecule has 1 amide bonds. The molecule has 3 aromatic rings. The summed E-state index contributed by atoms with van der Waals surface area (Å²) in [6, 6.07) is 8.53. The molecule has 1 saturated heterocycles. The second-order valence-corrected chi connectivity index (χ2v) is 8.91. The third-order valence-corrected chi connectivity index (χ3v) is 6.23. The zero-order valence-corrected chi connectivity index (χ0v) is 17.5. The fourth-order valence-electron chi connectivity index (χ4n) is 3.76. The van der Waals surface area contributed by atoms with Crippen molar-refractivity contribution in [1.82, 2.24) is 20.4 Å². The monoisotopic (exact) mass is 412 g/mol. The zero-order chi connectivity index (χ0) is 20.4. The highest BCUT2D eigenvalue weighted by atomic mass is 32.1. The summed E-state index contributed by atoms with van der Waals surface area (Å²) in [6.07, 6.45) is 4.70. The minimum atomic E-state index is -0.317. The number of para-hydroxylation sites is 1. The van der Waals surface area contributed by atoms with Crippen molar-refractivity contribution < 1.29 is 9.18 Å². The van der Waals surface area contributed by atoms with Gasteiger partial charge in [-0.2, -0.15) is 5.10 Å². The standard InChI is InChI=1S/C22H25FN4OS/c1-14-11-17(15(2)29-14)21-16(12-25-19-8-5-6-10-24-22(19)28)13-27(26-21)20-9-4-3-7-18(20)23/h3-4,7,9,11,13,19,25H,5-6,8,10,12H2,1-2H3,(H,24,28)/t19-/m0/s1. The van der Waals surface area contributed by atoms with Crippen molar-refractivity contribution in [2.45, 2.75) is 45.7 Å². The smallest absolute Gasteiger partial charge is 0.237 e. The number of halogens is 1. The summed E-state index contributed by atoms with van der Waals surface area (Å²) < 4.78 is 15.9. The number of rotatable bonds is 5. The molecule has 0 aliphatic carbocycles. The minimum absolute atomic E-state index is 0.0492. The summed E-state index contributed by atoms with van der Waals surface area (Å²) in [5, 5.41) is 11.1. The Labute approximate surface area is 173 Å². The highest BCUT2D eigenvalue weighted by Crippen LogP contribution is 2.32. The predicted octanol–water partition coefficient (Wildman–Crippen LogP) is 4.12. The summed E-state index contributed by atoms with van der Waals surface area (Å²) in [5.74, 6) is -0.268. The van der Waals surface area contributed by atoms with Gasteiger partial charge in [-0.05, 0) is 51.3 Å². The fraction of sp³-hybridized carbons (Fsp3) is 0.364. The Morgan fingerprint density at radius 1 is 1.31 bits per heavy atom. The third kappa shape index (κ3) is 4.26. The molecule has 1 atom stereocenters. The lowest BCUT2D eigenvalue weighted by Gasteiger charge is -2.15. The van der Waals surface area contributed by atoms with Crippen molar-refractivity contribution in [1.29, 1.82) is 0 Å². The van der Waals surface area contributed by atoms with Crippen LogP contribution >= 0.6 is 11.3 Å². The lowest BCUT2D eigenvalue weighted by Crippen LogP contribution is -2.42. The normalized spacial score (nSPS) is 17.2. The van der Waals surface area contributed by atoms with Gasteiger partial charge >= 0.3 is 0 Å². The van der Waals surface area contributed by atoms with Crippen molar-refractivity contribution in [2.75, 3.05) is 6.54 Å². The van der Waals surface area contributed by atoms with Gasteiger partial charge in [-0.25, -0.2) is 9.07 Å². The first-order chi connectivity index (χ1) is 14.0. The van der Waals surface area contributed by atoms with Crippen LogP contribution in [0.5, 0.6) is 0 Å². The lowest BCUT2D eigenvalue weighted by atomic mass is 10.1. The summed E-state index contributed by atoms with van der Waals surface area (Å²) >= 11 is 1.72. The molecule has 2 aromatic heterocycles. The summed E-state index contributed by atoms with van der Waals surface area (Å²) in [4.78, 5) is 14.7. The van der Waals surface area contributed by atoms with Gasteiger partial charge in [-0.1, -0.05) is 12.1 Å². The van der Waals surface area contributed by atoms with Crippen LogP contribution in [0.4, 0.5) is 4.39 Å². The Hall–Kier alpha value is -2.51. The first-order valence-electron chi connectivity index (χ1n) is 9.95. The maximum atomic E-state index is 14.3. The second-order valence-electron chi connectivity index (χ2n) is 7.45. The van der Waals surface area contributed by atoms with Gasteiger partial charge < -0.3 is 10.6 Å². The SMILES string of the molecule is Cc1cc(-c2nn(-c3ccccc3F)cc2CN[C@H]2CCCCNC2=O)c(C)s1. The zero-order valence-electron chi connectivity index (χ0n) is 16.7. The molecular weight excluding hydrogens is 387 g/mol. The van der Waals surface area contributed by atoms with E-state index in [9.17, 15) is 9.18 Å². The molecule has 0 saturated carbocycles. The summed E-state index contributed by atoms with van der Waals surface area (Å²) in [7, 11) is 0. The van der Waals surface area contributed by atoms with E-state index in [0.29, 0.717) is 12.2 Å². The molecular formula is C22H25FN4OS. The molecule has 4 rings (SSSR count). The van der Waals surface area contributed by atoms with Gasteiger partial charge in [0.1, 0.15) is 11.5 Å². The van der Waals surface area contributed by atoms with Gasteiger partial charge in [0.25, 0.3) is 0 Å². The van der Waals surface area contributed by atoms with E-state index in [0.717, 1.165) is 42.6 Å². The van der Waals surface area contributed by atoms with E-state index < -0.39 is 0 Å². The van der Waals surface area contributed by atoms with Crippen LogP contribution in [0.1, 0.15) is 34.6 Å². The number of thiophene rings is 1. The van der Waals surface area contributed by atoms with E-state index in [1.54, 1.807) is 34.2 Å². The first kappa shape index (κ1) is 19.8. The van der Waals surface area contributed by atoms with Gasteiger partial charge in [0.2, 0.25) is 5.91 Å². The number of nitrogens with zero attached hydrogens (tertiary/aromatic N) is 2. The van der Waals surface area contributed by atoms with E-state index in [-0.39, 0.29) is 17.8 Å². The molecule has 1 aliphatic heterocycles. The van der Waals surface area contributed by atoms with Gasteiger partial charge in [0.15, 0.2) is 0 Å². The summed E-state index contributed by atoms with van der Waals surface area (Å²) in [5.41, 5.74) is 3.25. The van der Waals surface area contributed by atoms with Crippen molar-refractivity contribution in [2.24, 2.45) is 0 Å². The van der Waals surface area contributed by atoms with Crippen LogP contribution in [0.25, 0.3) is 16.9 Å². The van der Waals surface area contributed by atoms with Crippen molar-refractivity contribution >= 4 is 17.2 Å². The maximum Gasteiger partial charge on any atom is 0.237 e. The highest BCUT2D eigenvalue weighted by molar-refractivity contribution is 7.12. The molecule has 2 N–H and O–H groups in total. The van der Waals surface area contributed by atoms with Crippen LogP contribution in [-0.4, -0.2) is 28.3 Å². The van der Waals surface area contributed by atoms with E-state index in [2.05, 4.69) is 30.5 Å². The van der Waals surface area contributed by atoms with Crippen LogP contribution < -0.4 is 10.6 Å². The Morgan fingerprint density at radius 2 is 2.14 bits per heavy atom. The second kappa shape index (κ2) is 8.47. The third-order valence-electron chi connectivity index (χ3n) is 5.26. The fourth-order valence-corrected chi connectivity index (χ4v) is 4.69. The van der Waals surface area contributed by atoms with E-state index in [1.165, 1.54) is 15.8 Å². The molecule has 29 heavy (non-hydrogen) atoms. The quantitative estimate of drug-likeness (QED) is 0.663. The van der Waals surface area contributed by atoms with E-state index in [1.807, 2.05) is 6.20 Å². The molecule has 0 unspecified atom stereocenters. The molecule has 0 radical (unpaired) electrons.